The largest absolute Gasteiger partial charge is 0.322 e. The smallest absolute Gasteiger partial charge is 0.261 e. The van der Waals surface area contributed by atoms with Crippen LogP contribution in [0.4, 0.5) is 10.1 Å². The number of benzene rings is 3. The van der Waals surface area contributed by atoms with E-state index in [1.807, 2.05) is 25.1 Å². The van der Waals surface area contributed by atoms with Crippen molar-refractivity contribution in [2.45, 2.75) is 26.3 Å². The zero-order valence-electron chi connectivity index (χ0n) is 17.4. The van der Waals surface area contributed by atoms with E-state index in [0.29, 0.717) is 40.4 Å². The van der Waals surface area contributed by atoms with Gasteiger partial charge in [0.1, 0.15) is 11.6 Å². The van der Waals surface area contributed by atoms with E-state index >= 15 is 0 Å². The molecular formula is C25H21ClFN3O2. The van der Waals surface area contributed by atoms with Crippen molar-refractivity contribution in [1.82, 2.24) is 9.55 Å². The molecule has 0 atom stereocenters. The van der Waals surface area contributed by atoms with Crippen LogP contribution in [0, 0.1) is 5.82 Å². The predicted octanol–water partition coefficient (Wildman–Crippen LogP) is 5.44. The molecule has 0 fully saturated rings. The van der Waals surface area contributed by atoms with E-state index in [-0.39, 0.29) is 11.1 Å². The highest BCUT2D eigenvalue weighted by Crippen LogP contribution is 2.20. The molecule has 0 spiro atoms. The molecule has 1 N–H and O–H groups in total. The third kappa shape index (κ3) is 4.41. The van der Waals surface area contributed by atoms with Crippen molar-refractivity contribution in [2.75, 3.05) is 5.32 Å². The molecule has 5 nitrogen and oxygen atoms in total. The molecule has 0 saturated carbocycles. The van der Waals surface area contributed by atoms with Gasteiger partial charge in [0.2, 0.25) is 0 Å². The number of halogens is 2. The number of aryl methyl sites for hydroxylation is 1. The normalized spacial score (nSPS) is 11.0. The molecule has 0 aliphatic rings. The Bertz CT molecular complexity index is 1370. The maximum absolute atomic E-state index is 13.9. The second-order valence-corrected chi connectivity index (χ2v) is 7.83. The lowest BCUT2D eigenvalue weighted by Gasteiger charge is -2.15. The molecule has 4 aromatic rings. The van der Waals surface area contributed by atoms with Gasteiger partial charge in [-0.25, -0.2) is 9.37 Å². The van der Waals surface area contributed by atoms with E-state index in [4.69, 9.17) is 16.6 Å². The first-order valence-corrected chi connectivity index (χ1v) is 10.7. The van der Waals surface area contributed by atoms with Crippen molar-refractivity contribution in [1.29, 1.82) is 0 Å². The molecule has 3 aromatic carbocycles. The lowest BCUT2D eigenvalue weighted by Crippen LogP contribution is -2.26. The quantitative estimate of drug-likeness (QED) is 0.426. The van der Waals surface area contributed by atoms with E-state index in [9.17, 15) is 14.0 Å². The molecule has 0 radical (unpaired) electrons. The predicted molar refractivity (Wildman–Crippen MR) is 125 cm³/mol. The fraction of sp³-hybridized carbons (Fsp3) is 0.160. The molecule has 0 saturated heterocycles. The average molecular weight is 450 g/mol. The molecule has 0 aliphatic heterocycles. The lowest BCUT2D eigenvalue weighted by atomic mass is 10.1. The fourth-order valence-corrected chi connectivity index (χ4v) is 3.76. The van der Waals surface area contributed by atoms with Crippen LogP contribution in [0.5, 0.6) is 0 Å². The molecule has 32 heavy (non-hydrogen) atoms. The van der Waals surface area contributed by atoms with Crippen molar-refractivity contribution in [3.05, 3.63) is 105 Å². The van der Waals surface area contributed by atoms with Gasteiger partial charge in [-0.1, -0.05) is 48.9 Å². The standard InChI is InChI=1S/C25H21ClFN3O2/c1-2-7-23-29-22-13-12-17(28-24(31)18-9-4-6-11-21(18)27)14-19(22)25(32)30(23)15-16-8-3-5-10-20(16)26/h3-6,8-14H,2,7,15H2,1H3,(H,28,31). The molecule has 1 heterocycles. The van der Waals surface area contributed by atoms with E-state index in [2.05, 4.69) is 5.32 Å². The monoisotopic (exact) mass is 449 g/mol. The molecule has 0 aliphatic carbocycles. The van der Waals surface area contributed by atoms with Gasteiger partial charge in [-0.2, -0.15) is 0 Å². The Labute approximate surface area is 189 Å². The van der Waals surface area contributed by atoms with Crippen LogP contribution in [-0.4, -0.2) is 15.5 Å². The van der Waals surface area contributed by atoms with E-state index < -0.39 is 11.7 Å². The number of anilines is 1. The molecular weight excluding hydrogens is 429 g/mol. The Morgan fingerprint density at radius 1 is 1.09 bits per heavy atom. The number of amides is 1. The SMILES string of the molecule is CCCc1nc2ccc(NC(=O)c3ccccc3F)cc2c(=O)n1Cc1ccccc1Cl. The van der Waals surface area contributed by atoms with E-state index in [1.165, 1.54) is 18.2 Å². The highest BCUT2D eigenvalue weighted by atomic mass is 35.5. The highest BCUT2D eigenvalue weighted by Gasteiger charge is 2.15. The van der Waals surface area contributed by atoms with Crippen molar-refractivity contribution in [3.63, 3.8) is 0 Å². The molecule has 7 heteroatoms. The van der Waals surface area contributed by atoms with Gasteiger partial charge in [0.15, 0.2) is 0 Å². The van der Waals surface area contributed by atoms with Crippen LogP contribution < -0.4 is 10.9 Å². The van der Waals surface area contributed by atoms with Crippen LogP contribution in [0.2, 0.25) is 5.02 Å². The Kier molecular flexibility index (Phi) is 6.32. The first kappa shape index (κ1) is 21.7. The molecule has 4 rings (SSSR count). The Morgan fingerprint density at radius 2 is 1.84 bits per heavy atom. The highest BCUT2D eigenvalue weighted by molar-refractivity contribution is 6.31. The van der Waals surface area contributed by atoms with Gasteiger partial charge in [0, 0.05) is 17.1 Å². The minimum atomic E-state index is -0.612. The van der Waals surface area contributed by atoms with Gasteiger partial charge in [-0.05, 0) is 48.4 Å². The topological polar surface area (TPSA) is 64.0 Å². The third-order valence-electron chi connectivity index (χ3n) is 5.17. The minimum Gasteiger partial charge on any atom is -0.322 e. The van der Waals surface area contributed by atoms with Gasteiger partial charge < -0.3 is 5.32 Å². The second kappa shape index (κ2) is 9.32. The summed E-state index contributed by atoms with van der Waals surface area (Å²) in [6, 6.07) is 18.0. The summed E-state index contributed by atoms with van der Waals surface area (Å²) in [6.07, 6.45) is 1.47. The van der Waals surface area contributed by atoms with Gasteiger partial charge in [-0.3, -0.25) is 14.2 Å². The van der Waals surface area contributed by atoms with Crippen LogP contribution >= 0.6 is 11.6 Å². The Morgan fingerprint density at radius 3 is 2.59 bits per heavy atom. The number of nitrogens with zero attached hydrogens (tertiary/aromatic N) is 2. The number of hydrogen-bond donors (Lipinski definition) is 1. The zero-order valence-corrected chi connectivity index (χ0v) is 18.2. The van der Waals surface area contributed by atoms with Crippen molar-refractivity contribution >= 4 is 34.1 Å². The summed E-state index contributed by atoms with van der Waals surface area (Å²) in [5.74, 6) is -0.527. The van der Waals surface area contributed by atoms with Crippen LogP contribution in [0.3, 0.4) is 0 Å². The molecule has 0 bridgehead atoms. The van der Waals surface area contributed by atoms with E-state index in [1.54, 1.807) is 34.9 Å². The van der Waals surface area contributed by atoms with Crippen molar-refractivity contribution < 1.29 is 9.18 Å². The maximum Gasteiger partial charge on any atom is 0.261 e. The van der Waals surface area contributed by atoms with Crippen molar-refractivity contribution in [2.24, 2.45) is 0 Å². The maximum atomic E-state index is 13.9. The van der Waals surface area contributed by atoms with Crippen LogP contribution in [0.25, 0.3) is 10.9 Å². The number of rotatable bonds is 6. The number of nitrogens with one attached hydrogen (secondary N) is 1. The fourth-order valence-electron chi connectivity index (χ4n) is 3.56. The molecule has 162 valence electrons. The Balaban J connectivity index is 1.75. The van der Waals surface area contributed by atoms with Gasteiger partial charge in [0.25, 0.3) is 11.5 Å². The van der Waals surface area contributed by atoms with Gasteiger partial charge >= 0.3 is 0 Å². The summed E-state index contributed by atoms with van der Waals surface area (Å²) in [5, 5.41) is 3.60. The van der Waals surface area contributed by atoms with Crippen LogP contribution in [-0.2, 0) is 13.0 Å². The first-order chi connectivity index (χ1) is 15.5. The number of carbonyl (C=O) groups excluding carboxylic acids is 1. The van der Waals surface area contributed by atoms with Gasteiger partial charge in [0.05, 0.1) is 23.0 Å². The summed E-state index contributed by atoms with van der Waals surface area (Å²) < 4.78 is 15.6. The minimum absolute atomic E-state index is 0.0693. The zero-order chi connectivity index (χ0) is 22.7. The summed E-state index contributed by atoms with van der Waals surface area (Å²) >= 11 is 6.31. The summed E-state index contributed by atoms with van der Waals surface area (Å²) in [7, 11) is 0. The van der Waals surface area contributed by atoms with E-state index in [0.717, 1.165) is 12.0 Å². The number of fused-ring (bicyclic) bond motifs is 1. The third-order valence-corrected chi connectivity index (χ3v) is 5.54. The van der Waals surface area contributed by atoms with Crippen LogP contribution in [0.1, 0.15) is 35.1 Å². The number of hydrogen-bond acceptors (Lipinski definition) is 3. The number of aromatic nitrogens is 2. The van der Waals surface area contributed by atoms with Crippen LogP contribution in [0.15, 0.2) is 71.5 Å². The number of carbonyl (C=O) groups is 1. The summed E-state index contributed by atoms with van der Waals surface area (Å²) in [5.41, 5.74) is 1.45. The second-order valence-electron chi connectivity index (χ2n) is 7.43. The Hall–Kier alpha value is -3.51. The van der Waals surface area contributed by atoms with Gasteiger partial charge in [-0.15, -0.1) is 0 Å². The summed E-state index contributed by atoms with van der Waals surface area (Å²) in [6.45, 7) is 2.32. The average Bonchev–Trinajstić information content (AvgIpc) is 2.78. The first-order valence-electron chi connectivity index (χ1n) is 10.3. The lowest BCUT2D eigenvalue weighted by molar-refractivity contribution is 0.102. The van der Waals surface area contributed by atoms with Crippen molar-refractivity contribution in [3.8, 4) is 0 Å². The molecule has 1 amide bonds. The molecule has 0 unspecified atom stereocenters. The summed E-state index contributed by atoms with van der Waals surface area (Å²) in [4.78, 5) is 30.6. The molecule has 1 aromatic heterocycles.